The molecular formula is CBrCl3S2. The molecule has 0 radical (unpaired) electrons. The summed E-state index contributed by atoms with van der Waals surface area (Å²) in [5, 5.41) is 0. The number of halogens is 4. The van der Waals surface area contributed by atoms with Gasteiger partial charge in [-0.15, -0.1) is 0 Å². The molecule has 0 bridgehead atoms. The molecule has 0 aromatic carbocycles. The maximum atomic E-state index is 5.37. The average molecular weight is 262 g/mol. The number of hydrogen-bond acceptors (Lipinski definition) is 2. The molecule has 0 saturated heterocycles. The lowest BCUT2D eigenvalue weighted by Crippen LogP contribution is -1.85. The summed E-state index contributed by atoms with van der Waals surface area (Å²) in [7, 11) is 7.27. The lowest BCUT2D eigenvalue weighted by Gasteiger charge is -2.03. The van der Waals surface area contributed by atoms with Crippen LogP contribution in [0, 0.1) is 0 Å². The Morgan fingerprint density at radius 2 is 1.86 bits per heavy atom. The molecule has 0 heterocycles. The predicted molar refractivity (Wildman–Crippen MR) is 44.4 cm³/mol. The van der Waals surface area contributed by atoms with Crippen LogP contribution in [0.5, 0.6) is 0 Å². The molecule has 0 fully saturated rings. The van der Waals surface area contributed by atoms with Crippen molar-refractivity contribution in [1.29, 1.82) is 0 Å². The van der Waals surface area contributed by atoms with Gasteiger partial charge >= 0.3 is 0 Å². The molecule has 0 saturated carbocycles. The van der Waals surface area contributed by atoms with Crippen LogP contribution in [0.2, 0.25) is 0 Å². The van der Waals surface area contributed by atoms with Gasteiger partial charge in [0.05, 0.1) is 0 Å². The molecule has 6 heteroatoms. The zero-order chi connectivity index (χ0) is 5.91. The van der Waals surface area contributed by atoms with Gasteiger partial charge in [-0.25, -0.2) is 0 Å². The minimum atomic E-state index is -0.945. The summed E-state index contributed by atoms with van der Waals surface area (Å²) < 4.78 is -0.945. The van der Waals surface area contributed by atoms with E-state index < -0.39 is 2.57 Å². The Balaban J connectivity index is 3.15. The average Bonchev–Trinajstić information content (AvgIpc) is 1.30. The molecule has 7 heavy (non-hydrogen) atoms. The number of alkyl halides is 3. The molecule has 0 atom stereocenters. The highest BCUT2D eigenvalue weighted by Crippen LogP contribution is 2.48. The zero-order valence-electron chi connectivity index (χ0n) is 2.83. The van der Waals surface area contributed by atoms with Crippen LogP contribution in [-0.2, 0) is 0 Å². The Bertz CT molecular complexity index is 51.4. The Morgan fingerprint density at radius 3 is 1.86 bits per heavy atom. The summed E-state index contributed by atoms with van der Waals surface area (Å²) >= 11 is 13.7. The van der Waals surface area contributed by atoms with E-state index in [2.05, 4.69) is 15.9 Å². The molecule has 0 N–H and O–H groups in total. The molecule has 0 spiro atoms. The van der Waals surface area contributed by atoms with E-state index in [1.807, 2.05) is 0 Å². The van der Waals surface area contributed by atoms with Crippen LogP contribution in [0.15, 0.2) is 0 Å². The molecule has 0 aliphatic heterocycles. The van der Waals surface area contributed by atoms with Crippen LogP contribution in [-0.4, -0.2) is 2.57 Å². The highest BCUT2D eigenvalue weighted by atomic mass is 79.9. The zero-order valence-corrected chi connectivity index (χ0v) is 8.32. The van der Waals surface area contributed by atoms with E-state index in [9.17, 15) is 0 Å². The van der Waals surface area contributed by atoms with Gasteiger partial charge in [-0.3, -0.25) is 0 Å². The largest absolute Gasteiger partial charge is 0.228 e. The fourth-order valence-electron chi connectivity index (χ4n) is 0.0357. The van der Waals surface area contributed by atoms with Crippen molar-refractivity contribution < 1.29 is 0 Å². The van der Waals surface area contributed by atoms with E-state index in [-0.39, 0.29) is 0 Å². The fourth-order valence-corrected chi connectivity index (χ4v) is 3.60. The first-order chi connectivity index (χ1) is 3.06. The summed E-state index contributed by atoms with van der Waals surface area (Å²) in [6.07, 6.45) is 0. The molecule has 0 aliphatic carbocycles. The molecule has 44 valence electrons. The molecule has 0 aromatic rings. The van der Waals surface area contributed by atoms with Crippen molar-refractivity contribution in [3.05, 3.63) is 0 Å². The van der Waals surface area contributed by atoms with Crippen LogP contribution in [0.1, 0.15) is 0 Å². The summed E-state index contributed by atoms with van der Waals surface area (Å²) in [4.78, 5) is 0. The van der Waals surface area contributed by atoms with Crippen molar-refractivity contribution in [3.63, 3.8) is 0 Å². The first-order valence-electron chi connectivity index (χ1n) is 1.09. The van der Waals surface area contributed by atoms with E-state index >= 15 is 0 Å². The molecule has 0 aliphatic rings. The van der Waals surface area contributed by atoms with Crippen LogP contribution < -0.4 is 0 Å². The van der Waals surface area contributed by atoms with Gasteiger partial charge in [0.15, 0.2) is 0 Å². The third kappa shape index (κ3) is 8.05. The molecule has 0 rings (SSSR count). The van der Waals surface area contributed by atoms with Gasteiger partial charge in [-0.1, -0.05) is 23.2 Å². The van der Waals surface area contributed by atoms with E-state index in [0.29, 0.717) is 0 Å². The summed E-state index contributed by atoms with van der Waals surface area (Å²) in [5.41, 5.74) is 0. The molecule has 0 nitrogen and oxygen atoms in total. The second-order valence-corrected chi connectivity index (χ2v) is 7.91. The molecule has 0 unspecified atom stereocenters. The van der Waals surface area contributed by atoms with Crippen molar-refractivity contribution in [3.8, 4) is 0 Å². The maximum absolute atomic E-state index is 5.37. The molecular weight excluding hydrogens is 262 g/mol. The van der Waals surface area contributed by atoms with Crippen LogP contribution >= 0.6 is 70.6 Å². The summed E-state index contributed by atoms with van der Waals surface area (Å²) in [6, 6.07) is 0. The maximum Gasteiger partial charge on any atom is 0.228 e. The second kappa shape index (κ2) is 3.96. The lowest BCUT2D eigenvalue weighted by molar-refractivity contribution is 1.90. The van der Waals surface area contributed by atoms with Crippen molar-refractivity contribution in [2.24, 2.45) is 0 Å². The SMILES string of the molecule is ClSSC(Cl)(Cl)Br. The smallest absolute Gasteiger partial charge is 0.0758 e. The Kier molecular flexibility index (Phi) is 5.12. The van der Waals surface area contributed by atoms with Gasteiger partial charge < -0.3 is 0 Å². The van der Waals surface area contributed by atoms with Crippen molar-refractivity contribution >= 4 is 70.6 Å². The van der Waals surface area contributed by atoms with Gasteiger partial charge in [-0.2, -0.15) is 0 Å². The minimum Gasteiger partial charge on any atom is -0.0758 e. The lowest BCUT2D eigenvalue weighted by atomic mass is 11.9. The predicted octanol–water partition coefficient (Wildman–Crippen LogP) is 4.01. The van der Waals surface area contributed by atoms with Crippen molar-refractivity contribution in [2.45, 2.75) is 2.57 Å². The Morgan fingerprint density at radius 1 is 1.43 bits per heavy atom. The topological polar surface area (TPSA) is 0 Å². The van der Waals surface area contributed by atoms with E-state index in [1.54, 1.807) is 0 Å². The van der Waals surface area contributed by atoms with Gasteiger partial charge in [0.1, 0.15) is 0 Å². The van der Waals surface area contributed by atoms with Crippen LogP contribution in [0.3, 0.4) is 0 Å². The summed E-state index contributed by atoms with van der Waals surface area (Å²) in [5.74, 6) is 0. The molecule has 0 amide bonds. The fraction of sp³-hybridized carbons (Fsp3) is 1.00. The Labute approximate surface area is 72.7 Å². The number of rotatable bonds is 2. The Hall–Kier alpha value is 2.05. The standard InChI is InChI=1S/CBrCl3S2/c2-1(3,4)6-7-5. The highest BCUT2D eigenvalue weighted by Gasteiger charge is 2.18. The second-order valence-electron chi connectivity index (χ2n) is 0.592. The van der Waals surface area contributed by atoms with E-state index in [1.165, 1.54) is 0 Å². The normalized spacial score (nSPS) is 12.0. The van der Waals surface area contributed by atoms with Gasteiger partial charge in [0.2, 0.25) is 2.57 Å². The van der Waals surface area contributed by atoms with E-state index in [4.69, 9.17) is 33.9 Å². The highest BCUT2D eigenvalue weighted by molar-refractivity contribution is 9.15. The van der Waals surface area contributed by atoms with E-state index in [0.717, 1.165) is 20.8 Å². The first kappa shape index (κ1) is 9.05. The van der Waals surface area contributed by atoms with Crippen molar-refractivity contribution in [2.75, 3.05) is 0 Å². The quantitative estimate of drug-likeness (QED) is 0.545. The van der Waals surface area contributed by atoms with Crippen molar-refractivity contribution in [1.82, 2.24) is 0 Å². The molecule has 0 aromatic heterocycles. The third-order valence-corrected chi connectivity index (χ3v) is 4.02. The van der Waals surface area contributed by atoms with Gasteiger partial charge in [0.25, 0.3) is 0 Å². The van der Waals surface area contributed by atoms with Gasteiger partial charge in [0, 0.05) is 10.0 Å². The third-order valence-electron chi connectivity index (χ3n) is 0.126. The monoisotopic (exact) mass is 260 g/mol. The first-order valence-corrected chi connectivity index (χ1v) is 5.62. The van der Waals surface area contributed by atoms with Crippen LogP contribution in [0.4, 0.5) is 0 Å². The minimum absolute atomic E-state index is 0.945. The summed E-state index contributed by atoms with van der Waals surface area (Å²) in [6.45, 7) is 0. The number of hydrogen-bond donors (Lipinski definition) is 0. The van der Waals surface area contributed by atoms with Crippen LogP contribution in [0.25, 0.3) is 0 Å². The van der Waals surface area contributed by atoms with Gasteiger partial charge in [-0.05, 0) is 37.4 Å².